The molecule has 1 atom stereocenters. The fourth-order valence-corrected chi connectivity index (χ4v) is 1.94. The number of carbonyl (C=O) groups excluding carboxylic acids is 1. The maximum Gasteiger partial charge on any atom is 0.223 e. The molecule has 1 rings (SSSR count). The van der Waals surface area contributed by atoms with E-state index in [0.29, 0.717) is 11.8 Å². The van der Waals surface area contributed by atoms with Crippen LogP contribution < -0.4 is 5.32 Å². The maximum absolute atomic E-state index is 11.3. The van der Waals surface area contributed by atoms with E-state index in [9.17, 15) is 4.79 Å². The number of rotatable bonds is 4. The lowest BCUT2D eigenvalue weighted by Gasteiger charge is -2.19. The van der Waals surface area contributed by atoms with Gasteiger partial charge in [-0.25, -0.2) is 0 Å². The largest absolute Gasteiger partial charge is 0.352 e. The Morgan fingerprint density at radius 1 is 1.58 bits per heavy atom. The van der Waals surface area contributed by atoms with E-state index in [4.69, 9.17) is 0 Å². The van der Waals surface area contributed by atoms with Crippen molar-refractivity contribution in [2.75, 3.05) is 5.33 Å². The Labute approximate surface area is 82.2 Å². The monoisotopic (exact) mass is 233 g/mol. The molecule has 0 aromatic carbocycles. The molecule has 1 saturated carbocycles. The van der Waals surface area contributed by atoms with Crippen molar-refractivity contribution in [2.24, 2.45) is 11.8 Å². The first kappa shape index (κ1) is 10.0. The Balaban J connectivity index is 2.30. The quantitative estimate of drug-likeness (QED) is 0.740. The van der Waals surface area contributed by atoms with E-state index in [1.165, 1.54) is 0 Å². The second-order valence-electron chi connectivity index (χ2n) is 3.79. The van der Waals surface area contributed by atoms with Gasteiger partial charge in [-0.1, -0.05) is 29.8 Å². The summed E-state index contributed by atoms with van der Waals surface area (Å²) >= 11 is 3.40. The van der Waals surface area contributed by atoms with E-state index >= 15 is 0 Å². The third-order valence-electron chi connectivity index (χ3n) is 2.25. The molecule has 3 heteroatoms. The van der Waals surface area contributed by atoms with Gasteiger partial charge in [-0.05, 0) is 18.8 Å². The molecule has 1 aliphatic carbocycles. The van der Waals surface area contributed by atoms with Crippen molar-refractivity contribution in [3.8, 4) is 0 Å². The van der Waals surface area contributed by atoms with Gasteiger partial charge in [0.1, 0.15) is 0 Å². The minimum absolute atomic E-state index is 0.244. The number of hydrogen-bond acceptors (Lipinski definition) is 1. The lowest BCUT2D eigenvalue weighted by atomic mass is 10.1. The van der Waals surface area contributed by atoms with E-state index in [1.54, 1.807) is 0 Å². The van der Waals surface area contributed by atoms with Gasteiger partial charge in [-0.15, -0.1) is 0 Å². The van der Waals surface area contributed by atoms with Crippen LogP contribution in [-0.2, 0) is 4.79 Å². The number of amides is 1. The summed E-state index contributed by atoms with van der Waals surface area (Å²) in [5.74, 6) is 1.07. The molecule has 1 unspecified atom stereocenters. The van der Waals surface area contributed by atoms with Crippen LogP contribution in [0.5, 0.6) is 0 Å². The SMILES string of the molecule is CC(C)C(CBr)NC(=O)C1CC1. The molecule has 1 aliphatic rings. The highest BCUT2D eigenvalue weighted by Gasteiger charge is 2.31. The third-order valence-corrected chi connectivity index (χ3v) is 2.94. The van der Waals surface area contributed by atoms with Crippen LogP contribution in [0.4, 0.5) is 0 Å². The molecule has 0 radical (unpaired) electrons. The first-order valence-electron chi connectivity index (χ1n) is 4.51. The molecule has 12 heavy (non-hydrogen) atoms. The number of halogens is 1. The molecular formula is C9H16BrNO. The highest BCUT2D eigenvalue weighted by molar-refractivity contribution is 9.09. The van der Waals surface area contributed by atoms with Gasteiger partial charge in [0.25, 0.3) is 0 Å². The zero-order valence-electron chi connectivity index (χ0n) is 7.64. The summed E-state index contributed by atoms with van der Waals surface area (Å²) in [5.41, 5.74) is 0. The summed E-state index contributed by atoms with van der Waals surface area (Å²) in [6.45, 7) is 4.25. The second kappa shape index (κ2) is 4.26. The summed E-state index contributed by atoms with van der Waals surface area (Å²) in [6, 6.07) is 0.290. The van der Waals surface area contributed by atoms with Gasteiger partial charge in [0.05, 0.1) is 0 Å². The van der Waals surface area contributed by atoms with Crippen molar-refractivity contribution in [2.45, 2.75) is 32.7 Å². The molecule has 0 heterocycles. The molecule has 70 valence electrons. The fraction of sp³-hybridized carbons (Fsp3) is 0.889. The van der Waals surface area contributed by atoms with Crippen LogP contribution in [0.1, 0.15) is 26.7 Å². The smallest absolute Gasteiger partial charge is 0.223 e. The Morgan fingerprint density at radius 2 is 2.17 bits per heavy atom. The van der Waals surface area contributed by atoms with Gasteiger partial charge in [0, 0.05) is 17.3 Å². The number of hydrogen-bond donors (Lipinski definition) is 1. The Bertz CT molecular complexity index is 166. The van der Waals surface area contributed by atoms with Crippen LogP contribution in [0, 0.1) is 11.8 Å². The summed E-state index contributed by atoms with van der Waals surface area (Å²) in [7, 11) is 0. The average molecular weight is 234 g/mol. The standard InChI is InChI=1S/C9H16BrNO/c1-6(2)8(5-10)11-9(12)7-3-4-7/h6-8H,3-5H2,1-2H3,(H,11,12). The molecular weight excluding hydrogens is 218 g/mol. The van der Waals surface area contributed by atoms with E-state index in [1.807, 2.05) is 0 Å². The molecule has 0 aromatic heterocycles. The molecule has 1 fully saturated rings. The van der Waals surface area contributed by atoms with Crippen molar-refractivity contribution >= 4 is 21.8 Å². The van der Waals surface area contributed by atoms with Crippen LogP contribution in [0.25, 0.3) is 0 Å². The first-order chi connectivity index (χ1) is 5.65. The van der Waals surface area contributed by atoms with Crippen molar-refractivity contribution in [1.82, 2.24) is 5.32 Å². The van der Waals surface area contributed by atoms with Crippen molar-refractivity contribution in [3.05, 3.63) is 0 Å². The van der Waals surface area contributed by atoms with Crippen molar-refractivity contribution in [3.63, 3.8) is 0 Å². The maximum atomic E-state index is 11.3. The van der Waals surface area contributed by atoms with Crippen LogP contribution >= 0.6 is 15.9 Å². The van der Waals surface area contributed by atoms with Crippen molar-refractivity contribution in [1.29, 1.82) is 0 Å². The molecule has 2 nitrogen and oxygen atoms in total. The second-order valence-corrected chi connectivity index (χ2v) is 4.44. The molecule has 1 amide bonds. The van der Waals surface area contributed by atoms with Gasteiger partial charge in [-0.2, -0.15) is 0 Å². The van der Waals surface area contributed by atoms with Gasteiger partial charge in [0.2, 0.25) is 5.91 Å². The van der Waals surface area contributed by atoms with E-state index in [2.05, 4.69) is 35.1 Å². The molecule has 0 bridgehead atoms. The van der Waals surface area contributed by atoms with Gasteiger partial charge in [-0.3, -0.25) is 4.79 Å². The number of carbonyl (C=O) groups is 1. The highest BCUT2D eigenvalue weighted by atomic mass is 79.9. The summed E-state index contributed by atoms with van der Waals surface area (Å²) in [4.78, 5) is 11.3. The third kappa shape index (κ3) is 2.77. The zero-order chi connectivity index (χ0) is 9.14. The molecule has 0 saturated heterocycles. The van der Waals surface area contributed by atoms with Crippen LogP contribution in [-0.4, -0.2) is 17.3 Å². The fourth-order valence-electron chi connectivity index (χ4n) is 1.03. The summed E-state index contributed by atoms with van der Waals surface area (Å²) < 4.78 is 0. The first-order valence-corrected chi connectivity index (χ1v) is 5.63. The molecule has 0 spiro atoms. The summed E-state index contributed by atoms with van der Waals surface area (Å²) in [5, 5.41) is 3.89. The van der Waals surface area contributed by atoms with Crippen LogP contribution in [0.15, 0.2) is 0 Å². The lowest BCUT2D eigenvalue weighted by molar-refractivity contribution is -0.123. The topological polar surface area (TPSA) is 29.1 Å². The van der Waals surface area contributed by atoms with E-state index in [-0.39, 0.29) is 11.9 Å². The van der Waals surface area contributed by atoms with E-state index < -0.39 is 0 Å². The molecule has 0 aromatic rings. The minimum Gasteiger partial charge on any atom is -0.352 e. The van der Waals surface area contributed by atoms with Crippen molar-refractivity contribution < 1.29 is 4.79 Å². The minimum atomic E-state index is 0.244. The predicted octanol–water partition coefficient (Wildman–Crippen LogP) is 1.93. The zero-order valence-corrected chi connectivity index (χ0v) is 9.23. The van der Waals surface area contributed by atoms with Gasteiger partial charge in [0.15, 0.2) is 0 Å². The lowest BCUT2D eigenvalue weighted by Crippen LogP contribution is -2.40. The highest BCUT2D eigenvalue weighted by Crippen LogP contribution is 2.29. The van der Waals surface area contributed by atoms with E-state index in [0.717, 1.165) is 18.2 Å². The normalized spacial score (nSPS) is 19.3. The summed E-state index contributed by atoms with van der Waals surface area (Å²) in [6.07, 6.45) is 2.16. The van der Waals surface area contributed by atoms with Gasteiger partial charge < -0.3 is 5.32 Å². The molecule has 0 aliphatic heterocycles. The average Bonchev–Trinajstić information content (AvgIpc) is 2.80. The number of nitrogens with one attached hydrogen (secondary N) is 1. The molecule has 1 N–H and O–H groups in total. The number of alkyl halides is 1. The Morgan fingerprint density at radius 3 is 2.50 bits per heavy atom. The van der Waals surface area contributed by atoms with Crippen LogP contribution in [0.2, 0.25) is 0 Å². The van der Waals surface area contributed by atoms with Crippen LogP contribution in [0.3, 0.4) is 0 Å². The Hall–Kier alpha value is -0.0500. The predicted molar refractivity (Wildman–Crippen MR) is 53.3 cm³/mol. The van der Waals surface area contributed by atoms with Gasteiger partial charge >= 0.3 is 0 Å². The Kier molecular flexibility index (Phi) is 3.56.